The molecule has 0 spiro atoms. The highest BCUT2D eigenvalue weighted by Crippen LogP contribution is 2.21. The number of hydrogen-bond acceptors (Lipinski definition) is 6. The van der Waals surface area contributed by atoms with E-state index in [4.69, 9.17) is 14.2 Å². The molecule has 2 atom stereocenters. The fourth-order valence-electron chi connectivity index (χ4n) is 4.76. The van der Waals surface area contributed by atoms with Crippen LogP contribution in [0.1, 0.15) is 58.2 Å². The Morgan fingerprint density at radius 3 is 2.07 bits per heavy atom. The standard InChI is InChI=1S/C36H43N3O6/c1-35(2,3)44-27-18-16-24(17-19-27)20-31(33(41)45-36(4,5)6)38-32(40)30(21-26-22-37-29-15-11-10-14-28(26)29)39-34(42)43-23-25-12-8-7-9-13-25/h7-19,22,30-31,37H,20-21,23H2,1-6H3,(H,38,40)(H,39,42)/t30-,31-/m0/s1. The molecule has 0 aliphatic carbocycles. The Morgan fingerprint density at radius 1 is 0.733 bits per heavy atom. The van der Waals surface area contributed by atoms with E-state index >= 15 is 0 Å². The Morgan fingerprint density at radius 2 is 1.40 bits per heavy atom. The zero-order valence-electron chi connectivity index (χ0n) is 26.8. The van der Waals surface area contributed by atoms with Crippen molar-refractivity contribution >= 4 is 28.9 Å². The summed E-state index contributed by atoms with van der Waals surface area (Å²) >= 11 is 0. The number of hydrogen-bond donors (Lipinski definition) is 3. The molecular formula is C36H43N3O6. The van der Waals surface area contributed by atoms with Gasteiger partial charge < -0.3 is 29.8 Å². The first-order valence-corrected chi connectivity index (χ1v) is 15.1. The van der Waals surface area contributed by atoms with E-state index in [0.717, 1.165) is 27.6 Å². The molecule has 4 rings (SSSR count). The third-order valence-corrected chi connectivity index (χ3v) is 6.72. The number of nitrogens with one attached hydrogen (secondary N) is 3. The van der Waals surface area contributed by atoms with Crippen LogP contribution in [-0.4, -0.2) is 46.2 Å². The molecule has 4 aromatic rings. The maximum atomic E-state index is 13.9. The van der Waals surface area contributed by atoms with Crippen LogP contribution in [0.15, 0.2) is 85.1 Å². The van der Waals surface area contributed by atoms with Gasteiger partial charge in [-0.25, -0.2) is 9.59 Å². The molecule has 3 aromatic carbocycles. The molecule has 9 heteroatoms. The SMILES string of the molecule is CC(C)(C)OC(=O)[C@H](Cc1ccc(OC(C)(C)C)cc1)NC(=O)[C@H](Cc1c[nH]c2ccccc12)NC(=O)OCc1ccccc1. The minimum absolute atomic E-state index is 0.0452. The molecule has 2 amide bonds. The van der Waals surface area contributed by atoms with Crippen LogP contribution in [-0.2, 0) is 38.5 Å². The Bertz CT molecular complexity index is 1580. The monoisotopic (exact) mass is 613 g/mol. The molecule has 0 unspecified atom stereocenters. The van der Waals surface area contributed by atoms with Gasteiger partial charge in [0.25, 0.3) is 0 Å². The van der Waals surface area contributed by atoms with Gasteiger partial charge in [-0.3, -0.25) is 4.79 Å². The van der Waals surface area contributed by atoms with Crippen molar-refractivity contribution in [3.05, 3.63) is 102 Å². The molecular weight excluding hydrogens is 570 g/mol. The van der Waals surface area contributed by atoms with Gasteiger partial charge in [0.2, 0.25) is 5.91 Å². The lowest BCUT2D eigenvalue weighted by Crippen LogP contribution is -2.54. The number of H-pyrrole nitrogens is 1. The minimum Gasteiger partial charge on any atom is -0.488 e. The highest BCUT2D eigenvalue weighted by atomic mass is 16.6. The zero-order valence-corrected chi connectivity index (χ0v) is 26.8. The van der Waals surface area contributed by atoms with Crippen molar-refractivity contribution in [1.29, 1.82) is 0 Å². The van der Waals surface area contributed by atoms with Gasteiger partial charge in [0, 0.05) is 29.9 Å². The van der Waals surface area contributed by atoms with Crippen molar-refractivity contribution in [2.24, 2.45) is 0 Å². The quantitative estimate of drug-likeness (QED) is 0.172. The summed E-state index contributed by atoms with van der Waals surface area (Å²) < 4.78 is 17.0. The number of esters is 1. The summed E-state index contributed by atoms with van der Waals surface area (Å²) in [6.07, 6.45) is 1.40. The van der Waals surface area contributed by atoms with Gasteiger partial charge in [-0.1, -0.05) is 60.7 Å². The minimum atomic E-state index is -1.04. The first kappa shape index (κ1) is 33.1. The van der Waals surface area contributed by atoms with Crippen molar-refractivity contribution in [2.45, 2.75) is 84.3 Å². The molecule has 1 heterocycles. The van der Waals surface area contributed by atoms with E-state index in [2.05, 4.69) is 15.6 Å². The second-order valence-electron chi connectivity index (χ2n) is 13.0. The first-order valence-electron chi connectivity index (χ1n) is 15.1. The fourth-order valence-corrected chi connectivity index (χ4v) is 4.76. The summed E-state index contributed by atoms with van der Waals surface area (Å²) in [5, 5.41) is 6.50. The van der Waals surface area contributed by atoms with E-state index < -0.39 is 35.7 Å². The lowest BCUT2D eigenvalue weighted by Gasteiger charge is -2.26. The average molecular weight is 614 g/mol. The molecule has 1 aromatic heterocycles. The molecule has 0 radical (unpaired) electrons. The summed E-state index contributed by atoms with van der Waals surface area (Å²) in [5.74, 6) is -0.426. The molecule has 9 nitrogen and oxygen atoms in total. The summed E-state index contributed by atoms with van der Waals surface area (Å²) in [5.41, 5.74) is 2.22. The highest BCUT2D eigenvalue weighted by Gasteiger charge is 2.31. The number of amides is 2. The Balaban J connectivity index is 1.55. The number of alkyl carbamates (subject to hydrolysis) is 1. The van der Waals surface area contributed by atoms with Gasteiger partial charge in [-0.15, -0.1) is 0 Å². The van der Waals surface area contributed by atoms with Crippen LogP contribution in [0.5, 0.6) is 5.75 Å². The van der Waals surface area contributed by atoms with Crippen LogP contribution in [0.4, 0.5) is 4.79 Å². The smallest absolute Gasteiger partial charge is 0.408 e. The van der Waals surface area contributed by atoms with Crippen molar-refractivity contribution in [3.63, 3.8) is 0 Å². The molecule has 238 valence electrons. The molecule has 0 aliphatic rings. The number of ether oxygens (including phenoxy) is 3. The number of benzene rings is 3. The number of carbonyl (C=O) groups excluding carboxylic acids is 3. The Labute approximate surface area is 264 Å². The second kappa shape index (κ2) is 14.3. The van der Waals surface area contributed by atoms with Gasteiger partial charge >= 0.3 is 12.1 Å². The number of fused-ring (bicyclic) bond motifs is 1. The van der Waals surface area contributed by atoms with Gasteiger partial charge in [-0.2, -0.15) is 0 Å². The maximum Gasteiger partial charge on any atom is 0.408 e. The number of aromatic nitrogens is 1. The number of rotatable bonds is 11. The van der Waals surface area contributed by atoms with Crippen molar-refractivity contribution in [3.8, 4) is 5.75 Å². The molecule has 0 saturated heterocycles. The normalized spacial score (nSPS) is 13.0. The Hall–Kier alpha value is -4.79. The summed E-state index contributed by atoms with van der Waals surface area (Å²) in [6.45, 7) is 11.3. The zero-order chi connectivity index (χ0) is 32.6. The van der Waals surface area contributed by atoms with Crippen LogP contribution in [0, 0.1) is 0 Å². The van der Waals surface area contributed by atoms with Crippen LogP contribution in [0.3, 0.4) is 0 Å². The highest BCUT2D eigenvalue weighted by molar-refractivity contribution is 5.91. The van der Waals surface area contributed by atoms with Crippen LogP contribution in [0.2, 0.25) is 0 Å². The lowest BCUT2D eigenvalue weighted by molar-refractivity contribution is -0.158. The predicted molar refractivity (Wildman–Crippen MR) is 174 cm³/mol. The van der Waals surface area contributed by atoms with Gasteiger partial charge in [-0.05, 0) is 76.4 Å². The second-order valence-corrected chi connectivity index (χ2v) is 13.0. The van der Waals surface area contributed by atoms with Crippen LogP contribution >= 0.6 is 0 Å². The van der Waals surface area contributed by atoms with Gasteiger partial charge in [0.15, 0.2) is 0 Å². The topological polar surface area (TPSA) is 119 Å². The predicted octanol–water partition coefficient (Wildman–Crippen LogP) is 6.25. The number of para-hydroxylation sites is 1. The third kappa shape index (κ3) is 10.4. The van der Waals surface area contributed by atoms with Gasteiger partial charge in [0.05, 0.1) is 0 Å². The molecule has 45 heavy (non-hydrogen) atoms. The van der Waals surface area contributed by atoms with Crippen molar-refractivity contribution < 1.29 is 28.6 Å². The Kier molecular flexibility index (Phi) is 10.5. The van der Waals surface area contributed by atoms with E-state index in [-0.39, 0.29) is 25.0 Å². The summed E-state index contributed by atoms with van der Waals surface area (Å²) in [4.78, 5) is 43.4. The van der Waals surface area contributed by atoms with Crippen LogP contribution in [0.25, 0.3) is 10.9 Å². The maximum absolute atomic E-state index is 13.9. The van der Waals surface area contributed by atoms with E-state index in [9.17, 15) is 14.4 Å². The van der Waals surface area contributed by atoms with E-state index in [0.29, 0.717) is 5.75 Å². The van der Waals surface area contributed by atoms with E-state index in [1.54, 1.807) is 20.8 Å². The van der Waals surface area contributed by atoms with Crippen molar-refractivity contribution in [2.75, 3.05) is 0 Å². The van der Waals surface area contributed by atoms with E-state index in [1.807, 2.05) is 106 Å². The van der Waals surface area contributed by atoms with Gasteiger partial charge in [0.1, 0.15) is 35.6 Å². The number of carbonyl (C=O) groups is 3. The molecule has 0 bridgehead atoms. The number of aromatic amines is 1. The average Bonchev–Trinajstić information content (AvgIpc) is 3.38. The largest absolute Gasteiger partial charge is 0.488 e. The molecule has 0 fully saturated rings. The van der Waals surface area contributed by atoms with E-state index in [1.165, 1.54) is 0 Å². The van der Waals surface area contributed by atoms with Crippen LogP contribution < -0.4 is 15.4 Å². The molecule has 0 saturated carbocycles. The molecule has 0 aliphatic heterocycles. The fraction of sp³-hybridized carbons (Fsp3) is 0.361. The molecule has 3 N–H and O–H groups in total. The van der Waals surface area contributed by atoms with Crippen molar-refractivity contribution in [1.82, 2.24) is 15.6 Å². The third-order valence-electron chi connectivity index (χ3n) is 6.72. The summed E-state index contributed by atoms with van der Waals surface area (Å²) in [7, 11) is 0. The summed E-state index contributed by atoms with van der Waals surface area (Å²) in [6, 6.07) is 22.3. The first-order chi connectivity index (χ1) is 21.3. The lowest BCUT2D eigenvalue weighted by atomic mass is 10.0.